The molecule has 17 heavy (non-hydrogen) atoms. The monoisotopic (exact) mass is 226 g/mol. The molecular formula is C14H14N2O. The summed E-state index contributed by atoms with van der Waals surface area (Å²) in [5.41, 5.74) is 10.6. The van der Waals surface area contributed by atoms with Gasteiger partial charge in [-0.05, 0) is 34.4 Å². The second-order valence-corrected chi connectivity index (χ2v) is 4.14. The van der Waals surface area contributed by atoms with Crippen LogP contribution in [0, 0.1) is 0 Å². The second-order valence-electron chi connectivity index (χ2n) is 4.14. The lowest BCUT2D eigenvalue weighted by molar-refractivity contribution is 0.0725. The average molecular weight is 226 g/mol. The van der Waals surface area contributed by atoms with E-state index >= 15 is 0 Å². The van der Waals surface area contributed by atoms with Crippen LogP contribution in [0.15, 0.2) is 42.7 Å². The van der Waals surface area contributed by atoms with Gasteiger partial charge in [-0.15, -0.1) is 0 Å². The summed E-state index contributed by atoms with van der Waals surface area (Å²) >= 11 is 0. The molecule has 2 N–H and O–H groups in total. The molecule has 0 fully saturated rings. The molecule has 3 nitrogen and oxygen atoms in total. The lowest BCUT2D eigenvalue weighted by Gasteiger charge is -2.09. The van der Waals surface area contributed by atoms with E-state index in [4.69, 9.17) is 10.5 Å². The van der Waals surface area contributed by atoms with Gasteiger partial charge in [0.15, 0.2) is 0 Å². The molecule has 0 saturated carbocycles. The molecule has 0 saturated heterocycles. The number of benzene rings is 1. The van der Waals surface area contributed by atoms with Crippen LogP contribution in [0.4, 0.5) is 0 Å². The Hall–Kier alpha value is -1.71. The van der Waals surface area contributed by atoms with Crippen LogP contribution in [0.1, 0.15) is 17.2 Å². The van der Waals surface area contributed by atoms with Crippen molar-refractivity contribution in [3.05, 3.63) is 53.9 Å². The van der Waals surface area contributed by atoms with Crippen molar-refractivity contribution in [3.63, 3.8) is 0 Å². The summed E-state index contributed by atoms with van der Waals surface area (Å²) in [5, 5.41) is 0. The van der Waals surface area contributed by atoms with Gasteiger partial charge in [-0.3, -0.25) is 4.98 Å². The van der Waals surface area contributed by atoms with E-state index in [0.717, 1.165) is 0 Å². The summed E-state index contributed by atoms with van der Waals surface area (Å²) in [5.74, 6) is 0. The fourth-order valence-corrected chi connectivity index (χ4v) is 2.34. The third-order valence-electron chi connectivity index (χ3n) is 3.19. The van der Waals surface area contributed by atoms with Gasteiger partial charge in [0.05, 0.1) is 12.7 Å². The van der Waals surface area contributed by atoms with E-state index in [1.54, 1.807) is 0 Å². The Morgan fingerprint density at radius 1 is 1.24 bits per heavy atom. The van der Waals surface area contributed by atoms with E-state index in [1.165, 1.54) is 22.3 Å². The number of ether oxygens (including phenoxy) is 1. The van der Waals surface area contributed by atoms with Crippen molar-refractivity contribution in [2.45, 2.75) is 12.7 Å². The Morgan fingerprint density at radius 2 is 2.06 bits per heavy atom. The molecule has 1 atom stereocenters. The van der Waals surface area contributed by atoms with E-state index < -0.39 is 0 Å². The maximum Gasteiger partial charge on any atom is 0.0955 e. The zero-order valence-electron chi connectivity index (χ0n) is 9.47. The molecule has 3 heteroatoms. The second kappa shape index (κ2) is 4.28. The Morgan fingerprint density at radius 3 is 2.82 bits per heavy atom. The first-order valence-electron chi connectivity index (χ1n) is 5.74. The van der Waals surface area contributed by atoms with Gasteiger partial charge >= 0.3 is 0 Å². The number of aromatic nitrogens is 1. The highest BCUT2D eigenvalue weighted by molar-refractivity contribution is 5.69. The van der Waals surface area contributed by atoms with Gasteiger partial charge < -0.3 is 10.5 Å². The molecule has 0 aliphatic carbocycles. The molecule has 1 aromatic carbocycles. The lowest BCUT2D eigenvalue weighted by atomic mass is 9.96. The normalized spacial score (nSPS) is 18.1. The molecule has 0 radical (unpaired) electrons. The number of rotatable bonds is 2. The number of fused-ring (bicyclic) bond motifs is 1. The van der Waals surface area contributed by atoms with E-state index in [1.807, 2.05) is 24.5 Å². The summed E-state index contributed by atoms with van der Waals surface area (Å²) in [6.45, 7) is 1.18. The fourth-order valence-electron chi connectivity index (χ4n) is 2.34. The van der Waals surface area contributed by atoms with Crippen molar-refractivity contribution >= 4 is 0 Å². The molecule has 2 aromatic rings. The molecule has 1 aromatic heterocycles. The molecule has 0 spiro atoms. The van der Waals surface area contributed by atoms with Crippen LogP contribution in [-0.4, -0.2) is 11.5 Å². The molecule has 2 heterocycles. The van der Waals surface area contributed by atoms with Gasteiger partial charge in [-0.25, -0.2) is 0 Å². The van der Waals surface area contributed by atoms with E-state index in [2.05, 4.69) is 23.2 Å². The molecule has 1 aliphatic heterocycles. The van der Waals surface area contributed by atoms with Crippen LogP contribution in [0.2, 0.25) is 0 Å². The van der Waals surface area contributed by atoms with Crippen LogP contribution in [0.3, 0.4) is 0 Å². The number of nitrogens with two attached hydrogens (primary N) is 1. The molecule has 0 amide bonds. The topological polar surface area (TPSA) is 48.1 Å². The molecule has 0 bridgehead atoms. The number of hydrogen-bond donors (Lipinski definition) is 1. The highest BCUT2D eigenvalue weighted by Crippen LogP contribution is 2.36. The lowest BCUT2D eigenvalue weighted by Crippen LogP contribution is -2.10. The first kappa shape index (κ1) is 10.4. The quantitative estimate of drug-likeness (QED) is 0.854. The SMILES string of the molecule is NC[C@H]1OCc2c(-c3ccncc3)cccc21. The fraction of sp³-hybridized carbons (Fsp3) is 0.214. The third kappa shape index (κ3) is 1.73. The zero-order valence-corrected chi connectivity index (χ0v) is 9.47. The summed E-state index contributed by atoms with van der Waals surface area (Å²) in [6.07, 6.45) is 3.67. The smallest absolute Gasteiger partial charge is 0.0955 e. The van der Waals surface area contributed by atoms with Crippen LogP contribution in [0.5, 0.6) is 0 Å². The predicted octanol–water partition coefficient (Wildman–Crippen LogP) is 2.28. The highest BCUT2D eigenvalue weighted by Gasteiger charge is 2.24. The number of pyridine rings is 1. The van der Waals surface area contributed by atoms with E-state index in [9.17, 15) is 0 Å². The summed E-state index contributed by atoms with van der Waals surface area (Å²) < 4.78 is 5.69. The van der Waals surface area contributed by atoms with Crippen molar-refractivity contribution in [2.24, 2.45) is 5.73 Å². The van der Waals surface area contributed by atoms with Gasteiger partial charge in [0.1, 0.15) is 0 Å². The van der Waals surface area contributed by atoms with Gasteiger partial charge in [0.25, 0.3) is 0 Å². The standard InChI is InChI=1S/C14H14N2O/c15-8-14-12-3-1-2-11(13(12)9-17-14)10-4-6-16-7-5-10/h1-7,14H,8-9,15H2/t14-/m1/s1. The number of nitrogens with zero attached hydrogens (tertiary/aromatic N) is 1. The molecule has 0 unspecified atom stereocenters. The summed E-state index contributed by atoms with van der Waals surface area (Å²) in [6, 6.07) is 10.3. The van der Waals surface area contributed by atoms with Crippen LogP contribution >= 0.6 is 0 Å². The minimum Gasteiger partial charge on any atom is -0.367 e. The van der Waals surface area contributed by atoms with Crippen molar-refractivity contribution in [3.8, 4) is 11.1 Å². The minimum absolute atomic E-state index is 0.0480. The van der Waals surface area contributed by atoms with Crippen molar-refractivity contribution in [2.75, 3.05) is 6.54 Å². The van der Waals surface area contributed by atoms with Crippen molar-refractivity contribution < 1.29 is 4.74 Å². The molecule has 86 valence electrons. The predicted molar refractivity (Wildman–Crippen MR) is 66.3 cm³/mol. The zero-order chi connectivity index (χ0) is 11.7. The summed E-state index contributed by atoms with van der Waals surface area (Å²) in [7, 11) is 0. The summed E-state index contributed by atoms with van der Waals surface area (Å²) in [4.78, 5) is 4.04. The maximum absolute atomic E-state index is 5.70. The van der Waals surface area contributed by atoms with Gasteiger partial charge in [0.2, 0.25) is 0 Å². The van der Waals surface area contributed by atoms with Crippen LogP contribution in [-0.2, 0) is 11.3 Å². The minimum atomic E-state index is 0.0480. The third-order valence-corrected chi connectivity index (χ3v) is 3.19. The van der Waals surface area contributed by atoms with Crippen molar-refractivity contribution in [1.82, 2.24) is 4.98 Å². The van der Waals surface area contributed by atoms with Gasteiger partial charge in [0, 0.05) is 18.9 Å². The maximum atomic E-state index is 5.70. The molecular weight excluding hydrogens is 212 g/mol. The van der Waals surface area contributed by atoms with E-state index in [-0.39, 0.29) is 6.10 Å². The molecule has 3 rings (SSSR count). The Kier molecular flexibility index (Phi) is 2.63. The van der Waals surface area contributed by atoms with Gasteiger partial charge in [-0.2, -0.15) is 0 Å². The van der Waals surface area contributed by atoms with Crippen LogP contribution in [0.25, 0.3) is 11.1 Å². The Labute approximate surface area is 100 Å². The molecule has 1 aliphatic rings. The number of hydrogen-bond acceptors (Lipinski definition) is 3. The van der Waals surface area contributed by atoms with Crippen molar-refractivity contribution in [1.29, 1.82) is 0 Å². The average Bonchev–Trinajstić information content (AvgIpc) is 2.82. The highest BCUT2D eigenvalue weighted by atomic mass is 16.5. The Bertz CT molecular complexity index is 525. The Balaban J connectivity index is 2.12. The largest absolute Gasteiger partial charge is 0.367 e. The first-order chi connectivity index (χ1) is 8.40. The van der Waals surface area contributed by atoms with Gasteiger partial charge in [-0.1, -0.05) is 18.2 Å². The van der Waals surface area contributed by atoms with Crippen LogP contribution < -0.4 is 5.73 Å². The first-order valence-corrected chi connectivity index (χ1v) is 5.74. The van der Waals surface area contributed by atoms with E-state index in [0.29, 0.717) is 13.2 Å².